The van der Waals surface area contributed by atoms with Gasteiger partial charge in [-0.05, 0) is 24.3 Å². The minimum Gasteiger partial charge on any atom is -0.388 e. The van der Waals surface area contributed by atoms with Gasteiger partial charge in [0.15, 0.2) is 5.78 Å². The highest BCUT2D eigenvalue weighted by Crippen LogP contribution is 2.30. The highest BCUT2D eigenvalue weighted by molar-refractivity contribution is 9.10. The fraction of sp³-hybridized carbons (Fsp3) is 0.182. The first-order valence-corrected chi connectivity index (χ1v) is 5.24. The summed E-state index contributed by atoms with van der Waals surface area (Å²) in [4.78, 5) is 11.4. The zero-order chi connectivity index (χ0) is 11.0. The van der Waals surface area contributed by atoms with Crippen LogP contribution in [-0.2, 0) is 4.79 Å². The minimum absolute atomic E-state index is 0.229. The molecule has 1 aliphatic carbocycles. The molecule has 2 nitrogen and oxygen atoms in total. The summed E-state index contributed by atoms with van der Waals surface area (Å²) in [6, 6.07) is 4.35. The smallest absolute Gasteiger partial charge is 0.165 e. The van der Waals surface area contributed by atoms with Crippen LogP contribution in [-0.4, -0.2) is 17.0 Å². The summed E-state index contributed by atoms with van der Waals surface area (Å²) in [5.41, 5.74) is 0.229. The summed E-state index contributed by atoms with van der Waals surface area (Å²) in [5, 5.41) is 9.54. The Morgan fingerprint density at radius 3 is 2.73 bits per heavy atom. The molecule has 1 N–H and O–H groups in total. The molecule has 1 aromatic carbocycles. The molecule has 1 aliphatic rings. The number of hydrogen-bond acceptors (Lipinski definition) is 2. The van der Waals surface area contributed by atoms with Gasteiger partial charge in [0, 0.05) is 10.0 Å². The first-order chi connectivity index (χ1) is 7.09. The van der Waals surface area contributed by atoms with Crippen LogP contribution in [0.2, 0.25) is 0 Å². The van der Waals surface area contributed by atoms with E-state index in [1.54, 1.807) is 6.07 Å². The van der Waals surface area contributed by atoms with Gasteiger partial charge in [-0.3, -0.25) is 4.79 Å². The second kappa shape index (κ2) is 3.87. The lowest BCUT2D eigenvalue weighted by molar-refractivity contribution is -0.116. The summed E-state index contributed by atoms with van der Waals surface area (Å²) in [6.45, 7) is 0. The predicted octanol–water partition coefficient (Wildman–Crippen LogP) is 2.17. The average Bonchev–Trinajstić information content (AvgIpc) is 2.51. The maximum atomic E-state index is 13.5. The lowest BCUT2D eigenvalue weighted by atomic mass is 9.94. The second-order valence-corrected chi connectivity index (χ2v) is 4.31. The lowest BCUT2D eigenvalue weighted by Gasteiger charge is -2.14. The van der Waals surface area contributed by atoms with Crippen molar-refractivity contribution in [2.45, 2.75) is 12.0 Å². The second-order valence-electron chi connectivity index (χ2n) is 3.40. The Balaban J connectivity index is 2.45. The molecule has 2 unspecified atom stereocenters. The molecule has 0 fully saturated rings. The topological polar surface area (TPSA) is 37.3 Å². The van der Waals surface area contributed by atoms with Gasteiger partial charge < -0.3 is 5.11 Å². The third-order valence-electron chi connectivity index (χ3n) is 2.40. The number of aliphatic hydroxyl groups excluding tert-OH is 1. The van der Waals surface area contributed by atoms with Crippen molar-refractivity contribution in [3.05, 3.63) is 46.2 Å². The van der Waals surface area contributed by atoms with E-state index in [2.05, 4.69) is 15.9 Å². The van der Waals surface area contributed by atoms with E-state index in [1.807, 2.05) is 0 Å². The Bertz CT molecular complexity index is 442. The maximum Gasteiger partial charge on any atom is 0.165 e. The summed E-state index contributed by atoms with van der Waals surface area (Å²) in [6.07, 6.45) is 1.74. The first-order valence-electron chi connectivity index (χ1n) is 4.44. The Morgan fingerprint density at radius 2 is 2.13 bits per heavy atom. The molecule has 0 saturated heterocycles. The molecule has 0 bridgehead atoms. The monoisotopic (exact) mass is 270 g/mol. The molecule has 1 aromatic rings. The van der Waals surface area contributed by atoms with Crippen molar-refractivity contribution in [2.75, 3.05) is 0 Å². The van der Waals surface area contributed by atoms with E-state index >= 15 is 0 Å². The minimum atomic E-state index is -0.929. The number of carbonyl (C=O) groups excluding carboxylic acids is 1. The number of carbonyl (C=O) groups is 1. The van der Waals surface area contributed by atoms with Crippen molar-refractivity contribution in [1.29, 1.82) is 0 Å². The van der Waals surface area contributed by atoms with Crippen LogP contribution in [0.25, 0.3) is 0 Å². The van der Waals surface area contributed by atoms with E-state index < -0.39 is 17.8 Å². The molecule has 2 rings (SSSR count). The Morgan fingerprint density at radius 1 is 1.40 bits per heavy atom. The number of aliphatic hydroxyl groups is 1. The van der Waals surface area contributed by atoms with E-state index in [9.17, 15) is 14.3 Å². The average molecular weight is 271 g/mol. The molecular formula is C11H8BrFO2. The van der Waals surface area contributed by atoms with Crippen molar-refractivity contribution in [2.24, 2.45) is 0 Å². The van der Waals surface area contributed by atoms with Crippen LogP contribution < -0.4 is 0 Å². The Labute approximate surface area is 94.5 Å². The van der Waals surface area contributed by atoms with E-state index in [0.29, 0.717) is 4.47 Å². The zero-order valence-electron chi connectivity index (χ0n) is 7.65. The number of rotatable bonds is 1. The molecule has 0 amide bonds. The predicted molar refractivity (Wildman–Crippen MR) is 57.0 cm³/mol. The molecule has 0 radical (unpaired) electrons. The summed E-state index contributed by atoms with van der Waals surface area (Å²) < 4.78 is 14.1. The number of benzene rings is 1. The van der Waals surface area contributed by atoms with Crippen LogP contribution in [0, 0.1) is 5.82 Å². The Hall–Kier alpha value is -1.00. The van der Waals surface area contributed by atoms with Gasteiger partial charge in [-0.25, -0.2) is 4.39 Å². The summed E-state index contributed by atoms with van der Waals surface area (Å²) in [7, 11) is 0. The number of halogens is 2. The largest absolute Gasteiger partial charge is 0.388 e. The molecule has 0 aromatic heterocycles. The van der Waals surface area contributed by atoms with Crippen LogP contribution in [0.1, 0.15) is 11.5 Å². The fourth-order valence-corrected chi connectivity index (χ4v) is 2.05. The van der Waals surface area contributed by atoms with Crippen molar-refractivity contribution >= 4 is 21.7 Å². The molecular weight excluding hydrogens is 263 g/mol. The molecule has 4 heteroatoms. The van der Waals surface area contributed by atoms with E-state index in [4.69, 9.17) is 0 Å². The van der Waals surface area contributed by atoms with Gasteiger partial charge >= 0.3 is 0 Å². The van der Waals surface area contributed by atoms with Crippen LogP contribution in [0.3, 0.4) is 0 Å². The van der Waals surface area contributed by atoms with E-state index in [0.717, 1.165) is 0 Å². The van der Waals surface area contributed by atoms with Crippen LogP contribution in [0.15, 0.2) is 34.8 Å². The third kappa shape index (κ3) is 1.87. The van der Waals surface area contributed by atoms with Crippen molar-refractivity contribution < 1.29 is 14.3 Å². The zero-order valence-corrected chi connectivity index (χ0v) is 9.24. The molecule has 2 atom stereocenters. The Kier molecular flexibility index (Phi) is 2.71. The molecule has 15 heavy (non-hydrogen) atoms. The van der Waals surface area contributed by atoms with Crippen LogP contribution >= 0.6 is 15.9 Å². The van der Waals surface area contributed by atoms with E-state index in [-0.39, 0.29) is 11.3 Å². The molecule has 78 valence electrons. The van der Waals surface area contributed by atoms with Gasteiger partial charge in [-0.1, -0.05) is 22.0 Å². The van der Waals surface area contributed by atoms with Crippen LogP contribution in [0.4, 0.5) is 4.39 Å². The van der Waals surface area contributed by atoms with Crippen molar-refractivity contribution in [3.8, 4) is 0 Å². The first kappa shape index (κ1) is 10.5. The number of allylic oxidation sites excluding steroid dienone is 1. The molecule has 0 spiro atoms. The highest BCUT2D eigenvalue weighted by atomic mass is 79.9. The molecule has 0 saturated carbocycles. The van der Waals surface area contributed by atoms with E-state index in [1.165, 1.54) is 24.3 Å². The quantitative estimate of drug-likeness (QED) is 0.850. The SMILES string of the molecule is O=C1C=CC(O)C1c1cc(Br)ccc1F. The normalized spacial score (nSPS) is 24.9. The van der Waals surface area contributed by atoms with Gasteiger partial charge in [0.05, 0.1) is 12.0 Å². The van der Waals surface area contributed by atoms with Gasteiger partial charge in [0.1, 0.15) is 5.82 Å². The van der Waals surface area contributed by atoms with Crippen LogP contribution in [0.5, 0.6) is 0 Å². The van der Waals surface area contributed by atoms with Crippen molar-refractivity contribution in [1.82, 2.24) is 0 Å². The van der Waals surface area contributed by atoms with Gasteiger partial charge in [-0.2, -0.15) is 0 Å². The third-order valence-corrected chi connectivity index (χ3v) is 2.89. The standard InChI is InChI=1S/C11H8BrFO2/c12-6-1-2-8(13)7(5-6)11-9(14)3-4-10(11)15/h1-5,9,11,14H. The summed E-state index contributed by atoms with van der Waals surface area (Å²) in [5.74, 6) is -1.54. The van der Waals surface area contributed by atoms with Crippen molar-refractivity contribution in [3.63, 3.8) is 0 Å². The lowest BCUT2D eigenvalue weighted by Crippen LogP contribution is -2.19. The van der Waals surface area contributed by atoms with Gasteiger partial charge in [0.2, 0.25) is 0 Å². The number of ketones is 1. The number of hydrogen-bond donors (Lipinski definition) is 1. The fourth-order valence-electron chi connectivity index (χ4n) is 1.67. The maximum absolute atomic E-state index is 13.5. The summed E-state index contributed by atoms with van der Waals surface area (Å²) >= 11 is 3.20. The molecule has 0 heterocycles. The van der Waals surface area contributed by atoms with Gasteiger partial charge in [0.25, 0.3) is 0 Å². The van der Waals surface area contributed by atoms with Gasteiger partial charge in [-0.15, -0.1) is 0 Å². The highest BCUT2D eigenvalue weighted by Gasteiger charge is 2.32. The molecule has 0 aliphatic heterocycles.